The summed E-state index contributed by atoms with van der Waals surface area (Å²) in [6, 6.07) is 13.4. The van der Waals surface area contributed by atoms with Crippen LogP contribution < -0.4 is 14.7 Å². The van der Waals surface area contributed by atoms with Gasteiger partial charge in [0, 0.05) is 17.5 Å². The van der Waals surface area contributed by atoms with Crippen molar-refractivity contribution in [2.45, 2.75) is 31.7 Å². The molecule has 0 radical (unpaired) electrons. The van der Waals surface area contributed by atoms with Gasteiger partial charge in [-0.3, -0.25) is 9.69 Å². The number of anilines is 1. The maximum Gasteiger partial charge on any atom is 0.247 e. The van der Waals surface area contributed by atoms with E-state index in [0.717, 1.165) is 5.75 Å². The summed E-state index contributed by atoms with van der Waals surface area (Å²) in [5.74, 6) is -0.404. The van der Waals surface area contributed by atoms with Crippen molar-refractivity contribution in [1.82, 2.24) is 15.2 Å². The fourth-order valence-electron chi connectivity index (χ4n) is 3.34. The van der Waals surface area contributed by atoms with Gasteiger partial charge in [-0.05, 0) is 17.4 Å². The summed E-state index contributed by atoms with van der Waals surface area (Å²) in [7, 11) is 0. The van der Waals surface area contributed by atoms with Gasteiger partial charge < -0.3 is 14.6 Å². The van der Waals surface area contributed by atoms with E-state index in [4.69, 9.17) is 4.74 Å². The highest BCUT2D eigenvalue weighted by atomic mass is 32.2. The van der Waals surface area contributed by atoms with Crippen LogP contribution in [0.25, 0.3) is 11.3 Å². The highest BCUT2D eigenvalue weighted by molar-refractivity contribution is 7.99. The first-order valence-corrected chi connectivity index (χ1v) is 10.8. The lowest BCUT2D eigenvalue weighted by Gasteiger charge is -2.30. The number of carbonyl (C=O) groups is 2. The molecule has 0 N–H and O–H groups in total. The Balaban J connectivity index is 1.91. The minimum atomic E-state index is -1.27. The van der Waals surface area contributed by atoms with Crippen LogP contribution in [-0.2, 0) is 4.79 Å². The zero-order valence-electron chi connectivity index (χ0n) is 16.9. The number of para-hydroxylation sites is 1. The molecule has 1 amide bonds. The molecular formula is C22H19N4O4S-. The van der Waals surface area contributed by atoms with Crippen LogP contribution in [0.4, 0.5) is 5.69 Å². The monoisotopic (exact) mass is 435 g/mol. The van der Waals surface area contributed by atoms with Crippen molar-refractivity contribution in [3.8, 4) is 17.1 Å². The van der Waals surface area contributed by atoms with E-state index in [2.05, 4.69) is 15.2 Å². The fourth-order valence-corrected chi connectivity index (χ4v) is 3.85. The van der Waals surface area contributed by atoms with E-state index in [0.29, 0.717) is 27.7 Å². The van der Waals surface area contributed by atoms with Crippen LogP contribution >= 0.6 is 11.8 Å². The van der Waals surface area contributed by atoms with Crippen molar-refractivity contribution in [1.29, 1.82) is 0 Å². The number of carbonyl (C=O) groups excluding carboxylic acids is 2. The van der Waals surface area contributed by atoms with Crippen LogP contribution in [0.15, 0.2) is 53.7 Å². The van der Waals surface area contributed by atoms with Crippen molar-refractivity contribution in [2.24, 2.45) is 0 Å². The summed E-state index contributed by atoms with van der Waals surface area (Å²) in [4.78, 5) is 30.3. The number of rotatable bonds is 5. The van der Waals surface area contributed by atoms with Gasteiger partial charge >= 0.3 is 0 Å². The topological polar surface area (TPSA) is 108 Å². The molecule has 4 rings (SSSR count). The van der Waals surface area contributed by atoms with Gasteiger partial charge in [-0.1, -0.05) is 68.1 Å². The Morgan fingerprint density at radius 3 is 2.52 bits per heavy atom. The van der Waals surface area contributed by atoms with Crippen molar-refractivity contribution >= 4 is 29.3 Å². The molecule has 1 aliphatic rings. The Morgan fingerprint density at radius 1 is 1.10 bits per heavy atom. The van der Waals surface area contributed by atoms with Crippen LogP contribution in [0.5, 0.6) is 5.88 Å². The molecule has 1 aromatic heterocycles. The number of hydrogen-bond donors (Lipinski definition) is 0. The highest BCUT2D eigenvalue weighted by Crippen LogP contribution is 2.43. The number of benzene rings is 2. The first-order valence-electron chi connectivity index (χ1n) is 9.80. The van der Waals surface area contributed by atoms with E-state index in [1.807, 2.05) is 31.2 Å². The number of nitrogens with zero attached hydrogens (tertiary/aromatic N) is 4. The zero-order valence-corrected chi connectivity index (χ0v) is 17.8. The summed E-state index contributed by atoms with van der Waals surface area (Å²) in [6.45, 7) is 3.76. The zero-order chi connectivity index (χ0) is 22.0. The summed E-state index contributed by atoms with van der Waals surface area (Å²) in [6.07, 6.45) is -0.612. The largest absolute Gasteiger partial charge is 0.545 e. The quantitative estimate of drug-likeness (QED) is 0.563. The second-order valence-electron chi connectivity index (χ2n) is 6.70. The molecular weight excluding hydrogens is 416 g/mol. The smallest absolute Gasteiger partial charge is 0.247 e. The highest BCUT2D eigenvalue weighted by Gasteiger charge is 2.35. The van der Waals surface area contributed by atoms with E-state index in [9.17, 15) is 14.7 Å². The van der Waals surface area contributed by atoms with Gasteiger partial charge in [0.1, 0.15) is 0 Å². The predicted molar refractivity (Wildman–Crippen MR) is 114 cm³/mol. The number of carboxylic acid groups (broad SMARTS) is 1. The molecule has 0 spiro atoms. The molecule has 0 saturated carbocycles. The van der Waals surface area contributed by atoms with Crippen LogP contribution in [-0.4, -0.2) is 32.8 Å². The lowest BCUT2D eigenvalue weighted by Crippen LogP contribution is -2.37. The third kappa shape index (κ3) is 3.96. The molecule has 1 aliphatic heterocycles. The minimum Gasteiger partial charge on any atom is -0.545 e. The summed E-state index contributed by atoms with van der Waals surface area (Å²) < 4.78 is 6.26. The lowest BCUT2D eigenvalue weighted by atomic mass is 10.1. The van der Waals surface area contributed by atoms with Crippen LogP contribution in [0.2, 0.25) is 0 Å². The van der Waals surface area contributed by atoms with Gasteiger partial charge in [-0.25, -0.2) is 0 Å². The van der Waals surface area contributed by atoms with Gasteiger partial charge in [-0.2, -0.15) is 4.98 Å². The Labute approximate surface area is 183 Å². The first kappa shape index (κ1) is 20.8. The second kappa shape index (κ2) is 8.73. The Bertz CT molecular complexity index is 1140. The molecule has 158 valence electrons. The molecule has 0 bridgehead atoms. The van der Waals surface area contributed by atoms with E-state index < -0.39 is 12.2 Å². The van der Waals surface area contributed by atoms with Crippen LogP contribution in [0.3, 0.4) is 0 Å². The molecule has 0 aliphatic carbocycles. The average Bonchev–Trinajstić information content (AvgIpc) is 2.93. The van der Waals surface area contributed by atoms with Crippen LogP contribution in [0, 0.1) is 0 Å². The normalized spacial score (nSPS) is 14.8. The average molecular weight is 435 g/mol. The Morgan fingerprint density at radius 2 is 1.84 bits per heavy atom. The number of fused-ring (bicyclic) bond motifs is 3. The molecule has 0 unspecified atom stereocenters. The maximum absolute atomic E-state index is 13.0. The number of hydrogen-bond acceptors (Lipinski definition) is 8. The van der Waals surface area contributed by atoms with E-state index >= 15 is 0 Å². The molecule has 0 fully saturated rings. The van der Waals surface area contributed by atoms with Gasteiger partial charge in [0.15, 0.2) is 5.69 Å². The first-order chi connectivity index (χ1) is 15.0. The van der Waals surface area contributed by atoms with Gasteiger partial charge in [0.2, 0.25) is 23.2 Å². The molecule has 3 aromatic rings. The molecule has 2 heterocycles. The summed E-state index contributed by atoms with van der Waals surface area (Å²) in [5, 5.41) is 20.2. The van der Waals surface area contributed by atoms with Crippen LogP contribution in [0.1, 0.15) is 42.4 Å². The lowest BCUT2D eigenvalue weighted by molar-refractivity contribution is -0.255. The number of carboxylic acids is 1. The maximum atomic E-state index is 13.0. The van der Waals surface area contributed by atoms with Gasteiger partial charge in [0.05, 0.1) is 11.7 Å². The third-order valence-electron chi connectivity index (χ3n) is 4.79. The molecule has 9 heteroatoms. The number of thioether (sulfide) groups is 1. The Hall–Kier alpha value is -3.46. The number of aromatic carboxylic acids is 1. The van der Waals surface area contributed by atoms with Crippen molar-refractivity contribution in [3.63, 3.8) is 0 Å². The molecule has 8 nitrogen and oxygen atoms in total. The van der Waals surface area contributed by atoms with E-state index in [-0.39, 0.29) is 23.8 Å². The summed E-state index contributed by atoms with van der Waals surface area (Å²) >= 11 is 1.43. The molecule has 0 saturated heterocycles. The minimum absolute atomic E-state index is 0.0390. The van der Waals surface area contributed by atoms with Gasteiger partial charge in [-0.15, -0.1) is 10.2 Å². The molecule has 31 heavy (non-hydrogen) atoms. The van der Waals surface area contributed by atoms with Crippen molar-refractivity contribution in [3.05, 3.63) is 59.7 Å². The van der Waals surface area contributed by atoms with E-state index in [1.165, 1.54) is 23.9 Å². The predicted octanol–water partition coefficient (Wildman–Crippen LogP) is 2.85. The number of amides is 1. The van der Waals surface area contributed by atoms with Crippen molar-refractivity contribution < 1.29 is 19.4 Å². The third-order valence-corrected chi connectivity index (χ3v) is 5.51. The standard InChI is InChI=1S/C22H20N4O4S/c1-3-17(27)26-16-8-6-5-7-15(16)18-19(23-22(25-24-18)31-4-2)30-20(26)13-9-11-14(12-10-13)21(28)29/h5-12,20H,3-4H2,1-2H3,(H,28,29)/p-1/t20-/m0/s1. The number of aromatic nitrogens is 3. The fraction of sp³-hybridized carbons (Fsp3) is 0.227. The van der Waals surface area contributed by atoms with E-state index in [1.54, 1.807) is 24.0 Å². The Kier molecular flexibility index (Phi) is 5.85. The van der Waals surface area contributed by atoms with Crippen molar-refractivity contribution in [2.75, 3.05) is 10.7 Å². The summed E-state index contributed by atoms with van der Waals surface area (Å²) in [5.41, 5.74) is 2.38. The SMILES string of the molecule is CCSc1nnc2c(n1)O[C@@H](c1ccc(C(=O)[O-])cc1)N(C(=O)CC)c1ccccc1-2. The van der Waals surface area contributed by atoms with Gasteiger partial charge in [0.25, 0.3) is 0 Å². The second-order valence-corrected chi connectivity index (χ2v) is 7.93. The molecule has 1 atom stereocenters. The number of ether oxygens (including phenoxy) is 1. The molecule has 2 aromatic carbocycles.